The average molecular weight is 257 g/mol. The summed E-state index contributed by atoms with van der Waals surface area (Å²) in [5.41, 5.74) is 1.50. The van der Waals surface area contributed by atoms with Crippen LogP contribution in [0.5, 0.6) is 0 Å². The second kappa shape index (κ2) is 5.69. The molecule has 0 amide bonds. The van der Waals surface area contributed by atoms with Crippen molar-refractivity contribution in [3.05, 3.63) is 28.8 Å². The van der Waals surface area contributed by atoms with Crippen molar-refractivity contribution in [1.29, 1.82) is 0 Å². The lowest BCUT2D eigenvalue weighted by atomic mass is 10.1. The summed E-state index contributed by atoms with van der Waals surface area (Å²) in [6.07, 6.45) is 1.46. The number of halogens is 2. The number of nitrogens with one attached hydrogen (secondary N) is 2. The third-order valence-corrected chi connectivity index (χ3v) is 3.47. The molecule has 94 valence electrons. The minimum Gasteiger partial charge on any atom is -0.382 e. The minimum absolute atomic E-state index is 0.519. The van der Waals surface area contributed by atoms with Crippen LogP contribution in [0.3, 0.4) is 0 Å². The Bertz CT molecular complexity index is 376. The van der Waals surface area contributed by atoms with Crippen LogP contribution >= 0.6 is 11.6 Å². The molecule has 2 rings (SSSR count). The summed E-state index contributed by atoms with van der Waals surface area (Å²) in [5, 5.41) is 7.30. The summed E-state index contributed by atoms with van der Waals surface area (Å²) in [4.78, 5) is 0. The van der Waals surface area contributed by atoms with Gasteiger partial charge in [0.25, 0.3) is 0 Å². The van der Waals surface area contributed by atoms with E-state index in [1.54, 1.807) is 12.1 Å². The molecule has 2 N–H and O–H groups in total. The normalized spacial score (nSPS) is 21.5. The number of hydrogen-bond donors (Lipinski definition) is 2. The zero-order valence-electron chi connectivity index (χ0n) is 9.97. The number of alkyl halides is 1. The largest absolute Gasteiger partial charge is 0.382 e. The zero-order chi connectivity index (χ0) is 12.3. The lowest BCUT2D eigenvalue weighted by Gasteiger charge is -2.14. The summed E-state index contributed by atoms with van der Waals surface area (Å²) < 4.78 is 13.1. The first-order valence-corrected chi connectivity index (χ1v) is 6.45. The van der Waals surface area contributed by atoms with Crippen LogP contribution in [0.4, 0.5) is 10.1 Å². The van der Waals surface area contributed by atoms with E-state index >= 15 is 0 Å². The third-order valence-electron chi connectivity index (χ3n) is 3.15. The Hall–Kier alpha value is -0.800. The Kier molecular flexibility index (Phi) is 4.24. The van der Waals surface area contributed by atoms with E-state index in [-0.39, 0.29) is 0 Å². The second-order valence-electron chi connectivity index (χ2n) is 4.53. The van der Waals surface area contributed by atoms with Crippen molar-refractivity contribution in [3.63, 3.8) is 0 Å². The summed E-state index contributed by atoms with van der Waals surface area (Å²) >= 11 is 6.11. The van der Waals surface area contributed by atoms with E-state index in [4.69, 9.17) is 11.6 Å². The smallest absolute Gasteiger partial charge is 0.122 e. The molecule has 0 saturated carbocycles. The van der Waals surface area contributed by atoms with E-state index in [9.17, 15) is 4.39 Å². The van der Waals surface area contributed by atoms with Crippen LogP contribution < -0.4 is 10.6 Å². The SMILES string of the molecule is CC(F)c1ccc(NCC2CCCN2)c(Cl)c1. The highest BCUT2D eigenvalue weighted by Crippen LogP contribution is 2.27. The number of rotatable bonds is 4. The van der Waals surface area contributed by atoms with Crippen LogP contribution in [-0.4, -0.2) is 19.1 Å². The fourth-order valence-electron chi connectivity index (χ4n) is 2.09. The zero-order valence-corrected chi connectivity index (χ0v) is 10.7. The van der Waals surface area contributed by atoms with Gasteiger partial charge in [-0.3, -0.25) is 0 Å². The third kappa shape index (κ3) is 3.33. The van der Waals surface area contributed by atoms with Gasteiger partial charge in [0.05, 0.1) is 10.7 Å². The van der Waals surface area contributed by atoms with Gasteiger partial charge >= 0.3 is 0 Å². The highest BCUT2D eigenvalue weighted by atomic mass is 35.5. The van der Waals surface area contributed by atoms with Gasteiger partial charge in [-0.15, -0.1) is 0 Å². The van der Waals surface area contributed by atoms with Crippen molar-refractivity contribution < 1.29 is 4.39 Å². The molecule has 1 saturated heterocycles. The summed E-state index contributed by atoms with van der Waals surface area (Å²) in [5.74, 6) is 0. The fourth-order valence-corrected chi connectivity index (χ4v) is 2.34. The molecule has 1 aromatic rings. The van der Waals surface area contributed by atoms with Crippen LogP contribution in [0.1, 0.15) is 31.5 Å². The molecule has 4 heteroatoms. The molecule has 2 unspecified atom stereocenters. The molecule has 0 aromatic heterocycles. The maximum atomic E-state index is 13.1. The van der Waals surface area contributed by atoms with Crippen molar-refractivity contribution in [3.8, 4) is 0 Å². The van der Waals surface area contributed by atoms with E-state index in [1.807, 2.05) is 6.07 Å². The van der Waals surface area contributed by atoms with Gasteiger partial charge in [0.2, 0.25) is 0 Å². The topological polar surface area (TPSA) is 24.1 Å². The van der Waals surface area contributed by atoms with Crippen molar-refractivity contribution in [2.75, 3.05) is 18.4 Å². The Morgan fingerprint density at radius 3 is 3.00 bits per heavy atom. The molecule has 17 heavy (non-hydrogen) atoms. The van der Waals surface area contributed by atoms with Crippen LogP contribution in [-0.2, 0) is 0 Å². The van der Waals surface area contributed by atoms with Crippen LogP contribution in [0, 0.1) is 0 Å². The average Bonchev–Trinajstić information content (AvgIpc) is 2.80. The molecule has 2 atom stereocenters. The molecular weight excluding hydrogens is 239 g/mol. The van der Waals surface area contributed by atoms with E-state index in [0.29, 0.717) is 16.6 Å². The maximum Gasteiger partial charge on any atom is 0.122 e. The predicted octanol–water partition coefficient (Wildman–Crippen LogP) is 3.53. The summed E-state index contributed by atoms with van der Waals surface area (Å²) in [6.45, 7) is 3.48. The first kappa shape index (κ1) is 12.7. The van der Waals surface area contributed by atoms with Gasteiger partial charge in [-0.1, -0.05) is 17.7 Å². The van der Waals surface area contributed by atoms with Crippen molar-refractivity contribution >= 4 is 17.3 Å². The van der Waals surface area contributed by atoms with E-state index in [1.165, 1.54) is 19.8 Å². The molecule has 1 aromatic carbocycles. The first-order valence-electron chi connectivity index (χ1n) is 6.07. The number of anilines is 1. The van der Waals surface area contributed by atoms with Gasteiger partial charge in [0.1, 0.15) is 6.17 Å². The number of benzene rings is 1. The van der Waals surface area contributed by atoms with Crippen molar-refractivity contribution in [1.82, 2.24) is 5.32 Å². The Balaban J connectivity index is 1.96. The second-order valence-corrected chi connectivity index (χ2v) is 4.94. The van der Waals surface area contributed by atoms with Crippen LogP contribution in [0.2, 0.25) is 5.02 Å². The van der Waals surface area contributed by atoms with Gasteiger partial charge in [0, 0.05) is 12.6 Å². The molecule has 2 nitrogen and oxygen atoms in total. The lowest BCUT2D eigenvalue weighted by molar-refractivity contribution is 0.374. The number of hydrogen-bond acceptors (Lipinski definition) is 2. The lowest BCUT2D eigenvalue weighted by Crippen LogP contribution is -2.29. The Morgan fingerprint density at radius 1 is 1.59 bits per heavy atom. The standard InChI is InChI=1S/C13H18ClFN2/c1-9(15)10-4-5-13(12(14)7-10)17-8-11-3-2-6-16-11/h4-5,7,9,11,16-17H,2-3,6,8H2,1H3. The quantitative estimate of drug-likeness (QED) is 0.861. The Labute approximate surface area is 107 Å². The van der Waals surface area contributed by atoms with Gasteiger partial charge < -0.3 is 10.6 Å². The van der Waals surface area contributed by atoms with Gasteiger partial charge in [-0.05, 0) is 44.0 Å². The molecule has 0 spiro atoms. The molecule has 1 aliphatic heterocycles. The predicted molar refractivity (Wildman–Crippen MR) is 70.5 cm³/mol. The Morgan fingerprint density at radius 2 is 2.41 bits per heavy atom. The van der Waals surface area contributed by atoms with Gasteiger partial charge in [-0.2, -0.15) is 0 Å². The molecule has 1 heterocycles. The molecule has 1 aliphatic rings. The van der Waals surface area contributed by atoms with Crippen molar-refractivity contribution in [2.24, 2.45) is 0 Å². The first-order chi connectivity index (χ1) is 8.16. The molecule has 0 aliphatic carbocycles. The summed E-state index contributed by atoms with van der Waals surface area (Å²) in [6, 6.07) is 5.84. The molecule has 0 bridgehead atoms. The minimum atomic E-state index is -0.974. The summed E-state index contributed by atoms with van der Waals surface area (Å²) in [7, 11) is 0. The van der Waals surface area contributed by atoms with Gasteiger partial charge in [-0.25, -0.2) is 4.39 Å². The monoisotopic (exact) mass is 256 g/mol. The van der Waals surface area contributed by atoms with E-state index in [0.717, 1.165) is 18.8 Å². The molecular formula is C13H18ClFN2. The fraction of sp³-hybridized carbons (Fsp3) is 0.538. The molecule has 0 radical (unpaired) electrons. The van der Waals surface area contributed by atoms with Crippen LogP contribution in [0.15, 0.2) is 18.2 Å². The van der Waals surface area contributed by atoms with E-state index in [2.05, 4.69) is 10.6 Å². The van der Waals surface area contributed by atoms with Gasteiger partial charge in [0.15, 0.2) is 0 Å². The molecule has 1 fully saturated rings. The van der Waals surface area contributed by atoms with Crippen molar-refractivity contribution in [2.45, 2.75) is 32.0 Å². The highest BCUT2D eigenvalue weighted by Gasteiger charge is 2.14. The maximum absolute atomic E-state index is 13.1. The highest BCUT2D eigenvalue weighted by molar-refractivity contribution is 6.33. The van der Waals surface area contributed by atoms with E-state index < -0.39 is 6.17 Å². The van der Waals surface area contributed by atoms with Crippen LogP contribution in [0.25, 0.3) is 0 Å².